The van der Waals surface area contributed by atoms with Crippen molar-refractivity contribution < 1.29 is 9.53 Å². The van der Waals surface area contributed by atoms with Gasteiger partial charge in [-0.3, -0.25) is 4.79 Å². The number of nitrogens with zero attached hydrogens (tertiary/aromatic N) is 2. The van der Waals surface area contributed by atoms with Gasteiger partial charge in [0.05, 0.1) is 0 Å². The van der Waals surface area contributed by atoms with Gasteiger partial charge in [0.1, 0.15) is 0 Å². The number of hydrogen-bond donors (Lipinski definition) is 0. The normalized spacial score (nSPS) is 11.2. The van der Waals surface area contributed by atoms with Gasteiger partial charge in [-0.15, -0.1) is 0 Å². The second kappa shape index (κ2) is 5.90. The first kappa shape index (κ1) is 12.2. The molecular weight excluding hydrogens is 204 g/mol. The van der Waals surface area contributed by atoms with E-state index in [2.05, 4.69) is 0 Å². The molecule has 0 bridgehead atoms. The maximum Gasteiger partial charge on any atom is 0.312 e. The number of rotatable bonds is 4. The zero-order chi connectivity index (χ0) is 12.0. The minimum absolute atomic E-state index is 0.260. The Bertz CT molecular complexity index is 370. The highest BCUT2D eigenvalue weighted by atomic mass is 16.5. The van der Waals surface area contributed by atoms with Gasteiger partial charge >= 0.3 is 5.91 Å². The second-order valence-corrected chi connectivity index (χ2v) is 3.30. The Labute approximate surface area is 95.4 Å². The highest BCUT2D eigenvalue weighted by Gasteiger charge is 2.11. The van der Waals surface area contributed by atoms with Crippen LogP contribution in [0, 0.1) is 5.21 Å². The third-order valence-corrected chi connectivity index (χ3v) is 2.31. The summed E-state index contributed by atoms with van der Waals surface area (Å²) in [6.07, 6.45) is 1.07. The van der Waals surface area contributed by atoms with Gasteiger partial charge in [-0.05, 0) is 13.8 Å². The predicted octanol–water partition coefficient (Wildman–Crippen LogP) is 1.77. The van der Waals surface area contributed by atoms with Crippen LogP contribution in [0.5, 0.6) is 0 Å². The maximum absolute atomic E-state index is 11.6. The molecule has 0 aliphatic carbocycles. The van der Waals surface area contributed by atoms with Gasteiger partial charge in [-0.2, -0.15) is 4.74 Å². The Morgan fingerprint density at radius 2 is 1.88 bits per heavy atom. The summed E-state index contributed by atoms with van der Waals surface area (Å²) >= 11 is 0. The van der Waals surface area contributed by atoms with Gasteiger partial charge in [0.25, 0.3) is 0 Å². The molecule has 4 heteroatoms. The molecule has 0 saturated carbocycles. The summed E-state index contributed by atoms with van der Waals surface area (Å²) in [6, 6.07) is 8.67. The first-order valence-corrected chi connectivity index (χ1v) is 5.34. The standard InChI is InChI=1S/C12H16N2O2/c1-3-13(4-2)12(15)10-14(16)11-8-6-5-7-9-11/h5-10H,3-4H2,1-2H3/b14-10-. The van der Waals surface area contributed by atoms with Crippen molar-refractivity contribution >= 4 is 17.8 Å². The van der Waals surface area contributed by atoms with Crippen LogP contribution in [-0.4, -0.2) is 34.9 Å². The number of hydrogen-bond acceptors (Lipinski definition) is 2. The SMILES string of the molecule is CCN(CC)C(=O)/C=[N+](\[O-])c1ccccc1. The Hall–Kier alpha value is -1.84. The molecular formula is C12H16N2O2. The van der Waals surface area contributed by atoms with E-state index in [1.54, 1.807) is 29.2 Å². The van der Waals surface area contributed by atoms with E-state index in [4.69, 9.17) is 0 Å². The van der Waals surface area contributed by atoms with Crippen LogP contribution in [0.4, 0.5) is 5.69 Å². The third-order valence-electron chi connectivity index (χ3n) is 2.31. The van der Waals surface area contributed by atoms with E-state index in [0.29, 0.717) is 23.5 Å². The highest BCUT2D eigenvalue weighted by molar-refractivity contribution is 6.24. The van der Waals surface area contributed by atoms with Gasteiger partial charge in [-0.1, -0.05) is 18.2 Å². The molecule has 0 spiro atoms. The van der Waals surface area contributed by atoms with Crippen LogP contribution < -0.4 is 0 Å². The van der Waals surface area contributed by atoms with Gasteiger partial charge < -0.3 is 10.1 Å². The summed E-state index contributed by atoms with van der Waals surface area (Å²) in [7, 11) is 0. The fourth-order valence-corrected chi connectivity index (χ4v) is 1.37. The van der Waals surface area contributed by atoms with Crippen LogP contribution in [-0.2, 0) is 4.79 Å². The van der Waals surface area contributed by atoms with E-state index in [1.807, 2.05) is 19.9 Å². The topological polar surface area (TPSA) is 46.4 Å². The van der Waals surface area contributed by atoms with E-state index < -0.39 is 0 Å². The molecule has 4 nitrogen and oxygen atoms in total. The first-order chi connectivity index (χ1) is 7.69. The number of amides is 1. The number of para-hydroxylation sites is 1. The molecule has 0 aliphatic heterocycles. The van der Waals surface area contributed by atoms with Gasteiger partial charge in [0.2, 0.25) is 11.9 Å². The average molecular weight is 220 g/mol. The van der Waals surface area contributed by atoms with Crippen molar-refractivity contribution in [3.63, 3.8) is 0 Å². The van der Waals surface area contributed by atoms with Crippen molar-refractivity contribution in [2.45, 2.75) is 13.8 Å². The lowest BCUT2D eigenvalue weighted by Crippen LogP contribution is -2.32. The smallest absolute Gasteiger partial charge is 0.312 e. The molecule has 0 N–H and O–H groups in total. The molecule has 86 valence electrons. The lowest BCUT2D eigenvalue weighted by molar-refractivity contribution is -0.354. The monoisotopic (exact) mass is 220 g/mol. The van der Waals surface area contributed by atoms with Crippen LogP contribution in [0.2, 0.25) is 0 Å². The minimum Gasteiger partial charge on any atom is -0.618 e. The van der Waals surface area contributed by atoms with Crippen LogP contribution in [0.25, 0.3) is 0 Å². The van der Waals surface area contributed by atoms with Crippen molar-refractivity contribution in [2.24, 2.45) is 0 Å². The van der Waals surface area contributed by atoms with Gasteiger partial charge in [-0.25, -0.2) is 0 Å². The van der Waals surface area contributed by atoms with E-state index in [1.165, 1.54) is 0 Å². The van der Waals surface area contributed by atoms with E-state index in [-0.39, 0.29) is 5.91 Å². The largest absolute Gasteiger partial charge is 0.618 e. The molecule has 0 aromatic heterocycles. The summed E-state index contributed by atoms with van der Waals surface area (Å²) in [5.41, 5.74) is 0.461. The maximum atomic E-state index is 11.6. The Morgan fingerprint density at radius 3 is 2.38 bits per heavy atom. The van der Waals surface area contributed by atoms with Crippen molar-refractivity contribution in [1.82, 2.24) is 4.90 Å². The summed E-state index contributed by atoms with van der Waals surface area (Å²) < 4.78 is 0.598. The Balaban J connectivity index is 2.81. The fourth-order valence-electron chi connectivity index (χ4n) is 1.37. The molecule has 16 heavy (non-hydrogen) atoms. The molecule has 1 aromatic carbocycles. The number of benzene rings is 1. The third kappa shape index (κ3) is 3.08. The second-order valence-electron chi connectivity index (χ2n) is 3.30. The summed E-state index contributed by atoms with van der Waals surface area (Å²) in [5.74, 6) is -0.260. The molecule has 0 fully saturated rings. The lowest BCUT2D eigenvalue weighted by Gasteiger charge is -2.15. The van der Waals surface area contributed by atoms with Gasteiger partial charge in [0.15, 0.2) is 0 Å². The zero-order valence-corrected chi connectivity index (χ0v) is 9.59. The van der Waals surface area contributed by atoms with Crippen molar-refractivity contribution in [3.05, 3.63) is 35.5 Å². The van der Waals surface area contributed by atoms with E-state index >= 15 is 0 Å². The average Bonchev–Trinajstić information content (AvgIpc) is 2.31. The van der Waals surface area contributed by atoms with Gasteiger partial charge in [0, 0.05) is 25.2 Å². The number of carbonyl (C=O) groups is 1. The number of carbonyl (C=O) groups excluding carboxylic acids is 1. The molecule has 0 aliphatic rings. The lowest BCUT2D eigenvalue weighted by atomic mass is 10.3. The van der Waals surface area contributed by atoms with Crippen molar-refractivity contribution in [1.29, 1.82) is 0 Å². The molecule has 1 rings (SSSR count). The quantitative estimate of drug-likeness (QED) is 0.336. The summed E-state index contributed by atoms with van der Waals surface area (Å²) in [6.45, 7) is 4.97. The van der Waals surface area contributed by atoms with Crippen molar-refractivity contribution in [3.8, 4) is 0 Å². The Morgan fingerprint density at radius 1 is 1.31 bits per heavy atom. The van der Waals surface area contributed by atoms with Crippen LogP contribution in [0.1, 0.15) is 13.8 Å². The van der Waals surface area contributed by atoms with Crippen LogP contribution in [0.3, 0.4) is 0 Å². The van der Waals surface area contributed by atoms with Crippen LogP contribution in [0.15, 0.2) is 30.3 Å². The molecule has 1 aromatic rings. The molecule has 0 atom stereocenters. The van der Waals surface area contributed by atoms with Crippen LogP contribution >= 0.6 is 0 Å². The van der Waals surface area contributed by atoms with E-state index in [9.17, 15) is 10.0 Å². The Kier molecular flexibility index (Phi) is 4.51. The molecule has 0 unspecified atom stereocenters. The first-order valence-electron chi connectivity index (χ1n) is 5.34. The van der Waals surface area contributed by atoms with Crippen molar-refractivity contribution in [2.75, 3.05) is 13.1 Å². The summed E-state index contributed by atoms with van der Waals surface area (Å²) in [5, 5.41) is 11.6. The predicted molar refractivity (Wildman–Crippen MR) is 63.7 cm³/mol. The molecule has 1 amide bonds. The highest BCUT2D eigenvalue weighted by Crippen LogP contribution is 2.07. The molecule has 0 heterocycles. The molecule has 0 saturated heterocycles. The van der Waals surface area contributed by atoms with E-state index in [0.717, 1.165) is 6.21 Å². The molecule has 0 radical (unpaired) electrons. The zero-order valence-electron chi connectivity index (χ0n) is 9.59. The fraction of sp³-hybridized carbons (Fsp3) is 0.333. The summed E-state index contributed by atoms with van der Waals surface area (Å²) in [4.78, 5) is 13.2. The minimum atomic E-state index is -0.260.